The van der Waals surface area contributed by atoms with Gasteiger partial charge in [-0.3, -0.25) is 28.8 Å². The first-order chi connectivity index (χ1) is 35.6. The Bertz CT molecular complexity index is 2990. The van der Waals surface area contributed by atoms with Gasteiger partial charge < -0.3 is 61.1 Å². The zero-order chi connectivity index (χ0) is 55.7. The number of hydrogen-bond donors (Lipinski definition) is 9. The molecule has 0 aliphatic heterocycles. The molecule has 3 aromatic heterocycles. The van der Waals surface area contributed by atoms with Gasteiger partial charge in [0.15, 0.2) is 40.5 Å². The monoisotopic (exact) mass is 1050 g/mol. The maximum absolute atomic E-state index is 13.9. The van der Waals surface area contributed by atoms with E-state index >= 15 is 0 Å². The third-order valence-corrected chi connectivity index (χ3v) is 10.6. The summed E-state index contributed by atoms with van der Waals surface area (Å²) in [4.78, 5) is 79.8. The molecule has 0 aliphatic carbocycles. The molecule has 0 aliphatic rings. The van der Waals surface area contributed by atoms with Crippen LogP contribution in [0, 0.1) is 34.9 Å². The summed E-state index contributed by atoms with van der Waals surface area (Å²) in [5, 5.41) is 15.1. The average Bonchev–Trinajstić information content (AvgIpc) is 4.13. The van der Waals surface area contributed by atoms with Gasteiger partial charge in [0.1, 0.15) is 64.1 Å². The van der Waals surface area contributed by atoms with E-state index in [1.807, 2.05) is 0 Å². The highest BCUT2D eigenvalue weighted by Crippen LogP contribution is 2.31. The molecule has 24 heteroatoms. The van der Waals surface area contributed by atoms with E-state index in [2.05, 4.69) is 46.9 Å². The predicted octanol–water partition coefficient (Wildman–Crippen LogP) is 7.63. The average molecular weight is 1050 g/mol. The Hall–Kier alpha value is -8.70. The minimum Gasteiger partial charge on any atom is -0.484 e. The molecule has 3 heterocycles. The van der Waals surface area contributed by atoms with Crippen LogP contribution in [-0.2, 0) is 0 Å². The van der Waals surface area contributed by atoms with E-state index in [4.69, 9.17) is 14.2 Å². The number of H-pyrrole nitrogens is 3. The predicted molar refractivity (Wildman–Crippen MR) is 263 cm³/mol. The Labute approximate surface area is 427 Å². The van der Waals surface area contributed by atoms with Gasteiger partial charge >= 0.3 is 0 Å². The van der Waals surface area contributed by atoms with Crippen LogP contribution in [0.15, 0.2) is 72.8 Å². The van der Waals surface area contributed by atoms with E-state index in [1.165, 1.54) is 70.5 Å². The minimum absolute atomic E-state index is 0.00335. The molecular formula is C51H57F6N9O9. The summed E-state index contributed by atoms with van der Waals surface area (Å²) < 4.78 is 97.6. The summed E-state index contributed by atoms with van der Waals surface area (Å²) >= 11 is 0. The SMILES string of the molecule is CCNC(=O)c1cc(OC(C)c2ccc(F)c(F)c2)c(C(=O)NC)[nH]1.CCNC(=O)c1cc(OC(C)c2ccc(F)cc2F)c(C(=O)NC)[nH]1.CCNC(=O)c1cc(OC(C)c2cccc(F)c2F)c(C(=O)NC)[nH]1. The molecule has 6 rings (SSSR count). The standard InChI is InChI=1S/3C17H19F2N3O3/c1-4-21-16(23)13-8-14(15(22-13)17(24)20-3)25-9(2)11-6-5-10(18)7-12(11)19;1-4-21-16(23)13-8-14(15(22-13)17(24)20-3)25-9(2)10-5-6-11(18)12(19)7-10;1-4-21-16(23)12-8-13(15(22-12)17(24)20-3)25-9(2)10-6-5-7-11(18)14(10)19/h3*5-9,22H,4H2,1-3H3,(H,20,24)(H,21,23). The number of aromatic nitrogens is 3. The van der Waals surface area contributed by atoms with Crippen molar-refractivity contribution in [2.24, 2.45) is 0 Å². The number of hydrogen-bond acceptors (Lipinski definition) is 9. The van der Waals surface area contributed by atoms with Crippen molar-refractivity contribution in [1.82, 2.24) is 46.9 Å². The van der Waals surface area contributed by atoms with Gasteiger partial charge in [-0.15, -0.1) is 0 Å². The fourth-order valence-electron chi connectivity index (χ4n) is 6.80. The third kappa shape index (κ3) is 15.4. The van der Waals surface area contributed by atoms with Gasteiger partial charge in [-0.2, -0.15) is 0 Å². The van der Waals surface area contributed by atoms with Crippen LogP contribution in [0.2, 0.25) is 0 Å². The van der Waals surface area contributed by atoms with Crippen LogP contribution in [0.3, 0.4) is 0 Å². The second kappa shape index (κ2) is 27.4. The van der Waals surface area contributed by atoms with Gasteiger partial charge in [-0.25, -0.2) is 26.3 Å². The number of carbonyl (C=O) groups is 6. The topological polar surface area (TPSA) is 250 Å². The van der Waals surface area contributed by atoms with E-state index in [1.54, 1.807) is 34.6 Å². The smallest absolute Gasteiger partial charge is 0.271 e. The highest BCUT2D eigenvalue weighted by molar-refractivity contribution is 6.01. The zero-order valence-corrected chi connectivity index (χ0v) is 42.2. The van der Waals surface area contributed by atoms with Crippen LogP contribution in [0.4, 0.5) is 26.3 Å². The minimum atomic E-state index is -1.02. The van der Waals surface area contributed by atoms with Crippen molar-refractivity contribution in [1.29, 1.82) is 0 Å². The molecule has 0 fully saturated rings. The lowest BCUT2D eigenvalue weighted by molar-refractivity contribution is 0.0935. The van der Waals surface area contributed by atoms with Crippen LogP contribution in [0.1, 0.15) is 139 Å². The van der Waals surface area contributed by atoms with Crippen LogP contribution >= 0.6 is 0 Å². The van der Waals surface area contributed by atoms with Gasteiger partial charge in [-0.05, 0) is 77.4 Å². The molecule has 6 aromatic rings. The number of rotatable bonds is 18. The van der Waals surface area contributed by atoms with Crippen molar-refractivity contribution in [3.8, 4) is 17.2 Å². The molecule has 0 bridgehead atoms. The summed E-state index contributed by atoms with van der Waals surface area (Å²) in [6.45, 7) is 11.2. The number of nitrogens with one attached hydrogen (secondary N) is 9. The molecule has 9 N–H and O–H groups in total. The number of amides is 6. The lowest BCUT2D eigenvalue weighted by Gasteiger charge is -2.16. The van der Waals surface area contributed by atoms with Crippen LogP contribution in [-0.4, -0.2) is 91.2 Å². The molecule has 0 saturated carbocycles. The summed E-state index contributed by atoms with van der Waals surface area (Å²) in [6, 6.07) is 14.4. The van der Waals surface area contributed by atoms with Gasteiger partial charge in [-0.1, -0.05) is 18.2 Å². The molecule has 3 unspecified atom stereocenters. The Kier molecular flexibility index (Phi) is 21.5. The number of carbonyl (C=O) groups excluding carboxylic acids is 6. The Morgan fingerprint density at radius 3 is 1.25 bits per heavy atom. The van der Waals surface area contributed by atoms with Crippen LogP contribution in [0.5, 0.6) is 17.2 Å². The van der Waals surface area contributed by atoms with E-state index in [-0.39, 0.29) is 68.4 Å². The molecule has 75 heavy (non-hydrogen) atoms. The van der Waals surface area contributed by atoms with Crippen LogP contribution < -0.4 is 46.1 Å². The first-order valence-corrected chi connectivity index (χ1v) is 23.2. The van der Waals surface area contributed by atoms with Crippen molar-refractivity contribution < 1.29 is 69.3 Å². The highest BCUT2D eigenvalue weighted by atomic mass is 19.2. The summed E-state index contributed by atoms with van der Waals surface area (Å²) in [7, 11) is 4.30. The van der Waals surface area contributed by atoms with Crippen molar-refractivity contribution in [3.05, 3.63) is 159 Å². The molecule has 3 aromatic carbocycles. The van der Waals surface area contributed by atoms with Crippen molar-refractivity contribution >= 4 is 35.4 Å². The summed E-state index contributed by atoms with van der Waals surface area (Å²) in [5.41, 5.74) is 1.08. The van der Waals surface area contributed by atoms with E-state index in [0.29, 0.717) is 25.2 Å². The Morgan fingerprint density at radius 1 is 0.453 bits per heavy atom. The Balaban J connectivity index is 0.000000243. The fraction of sp³-hybridized carbons (Fsp3) is 0.294. The molecule has 402 valence electrons. The summed E-state index contributed by atoms with van der Waals surface area (Å²) in [5.74, 6) is -7.76. The van der Waals surface area contributed by atoms with E-state index in [9.17, 15) is 55.1 Å². The van der Waals surface area contributed by atoms with Gasteiger partial charge in [0, 0.05) is 76.2 Å². The maximum atomic E-state index is 13.9. The Morgan fingerprint density at radius 2 is 0.867 bits per heavy atom. The highest BCUT2D eigenvalue weighted by Gasteiger charge is 2.26. The zero-order valence-electron chi connectivity index (χ0n) is 42.2. The normalized spacial score (nSPS) is 11.7. The quantitative estimate of drug-likeness (QED) is 0.0384. The van der Waals surface area contributed by atoms with Crippen LogP contribution in [0.25, 0.3) is 0 Å². The van der Waals surface area contributed by atoms with Gasteiger partial charge in [0.2, 0.25) is 0 Å². The largest absolute Gasteiger partial charge is 0.484 e. The molecule has 0 radical (unpaired) electrons. The lowest BCUT2D eigenvalue weighted by atomic mass is 10.1. The molecule has 6 amide bonds. The molecular weight excluding hydrogens is 997 g/mol. The number of benzene rings is 3. The first-order valence-electron chi connectivity index (χ1n) is 23.2. The lowest BCUT2D eigenvalue weighted by Crippen LogP contribution is -2.23. The van der Waals surface area contributed by atoms with Crippen molar-refractivity contribution in [3.63, 3.8) is 0 Å². The van der Waals surface area contributed by atoms with Crippen molar-refractivity contribution in [2.45, 2.75) is 59.9 Å². The maximum Gasteiger partial charge on any atom is 0.271 e. The van der Waals surface area contributed by atoms with Crippen molar-refractivity contribution in [2.75, 3.05) is 40.8 Å². The number of aromatic amines is 3. The van der Waals surface area contributed by atoms with E-state index < -0.39 is 82.8 Å². The molecule has 0 spiro atoms. The third-order valence-electron chi connectivity index (χ3n) is 10.6. The molecule has 0 saturated heterocycles. The summed E-state index contributed by atoms with van der Waals surface area (Å²) in [6.07, 6.45) is -2.35. The molecule has 3 atom stereocenters. The fourth-order valence-corrected chi connectivity index (χ4v) is 6.80. The molecule has 18 nitrogen and oxygen atoms in total. The first kappa shape index (κ1) is 58.9. The number of halogens is 6. The van der Waals surface area contributed by atoms with E-state index in [0.717, 1.165) is 30.3 Å². The second-order valence-corrected chi connectivity index (χ2v) is 15.8. The van der Waals surface area contributed by atoms with Gasteiger partial charge in [0.25, 0.3) is 35.4 Å². The number of ether oxygens (including phenoxy) is 3. The van der Waals surface area contributed by atoms with Gasteiger partial charge in [0.05, 0.1) is 0 Å². The second-order valence-electron chi connectivity index (χ2n) is 15.8.